The second kappa shape index (κ2) is 7.20. The lowest BCUT2D eigenvalue weighted by molar-refractivity contribution is 0.0553. The monoisotopic (exact) mass is 378 g/mol. The number of hydrogen-bond acceptors (Lipinski definition) is 6. The molecule has 0 unspecified atom stereocenters. The van der Waals surface area contributed by atoms with Gasteiger partial charge in [-0.05, 0) is 30.3 Å². The summed E-state index contributed by atoms with van der Waals surface area (Å²) >= 11 is 0. The highest BCUT2D eigenvalue weighted by Gasteiger charge is 2.37. The van der Waals surface area contributed by atoms with Gasteiger partial charge in [-0.1, -0.05) is 26.8 Å². The molecule has 0 aromatic carbocycles. The molecule has 2 heterocycles. The Bertz CT molecular complexity index is 836. The zero-order valence-electron chi connectivity index (χ0n) is 16.4. The summed E-state index contributed by atoms with van der Waals surface area (Å²) in [4.78, 5) is 24.2. The number of methoxy groups -OCH3 is 2. The minimum atomic E-state index is -1.96. The van der Waals surface area contributed by atoms with Crippen LogP contribution in [0.15, 0.2) is 18.2 Å². The molecule has 2 aromatic heterocycles. The number of nitrogens with zero attached hydrogens (tertiary/aromatic N) is 2. The zero-order valence-corrected chi connectivity index (χ0v) is 17.4. The Morgan fingerprint density at radius 3 is 2.27 bits per heavy atom. The van der Waals surface area contributed by atoms with Crippen molar-refractivity contribution >= 4 is 25.8 Å². The minimum Gasteiger partial charge on any atom is -0.465 e. The molecular formula is C18H26N2O5Si. The highest BCUT2D eigenvalue weighted by atomic mass is 28.4. The molecule has 142 valence electrons. The molecule has 7 nitrogen and oxygen atoms in total. The van der Waals surface area contributed by atoms with E-state index >= 15 is 0 Å². The van der Waals surface area contributed by atoms with Gasteiger partial charge in [0.05, 0.1) is 32.0 Å². The summed E-state index contributed by atoms with van der Waals surface area (Å²) in [5.74, 6) is -1.33. The molecule has 0 aliphatic rings. The van der Waals surface area contributed by atoms with E-state index in [4.69, 9.17) is 13.9 Å². The molecule has 0 saturated carbocycles. The van der Waals surface area contributed by atoms with Crippen LogP contribution in [0.2, 0.25) is 18.1 Å². The average Bonchev–Trinajstić information content (AvgIpc) is 2.97. The fraction of sp³-hybridized carbons (Fsp3) is 0.500. The predicted molar refractivity (Wildman–Crippen MR) is 99.9 cm³/mol. The number of pyridine rings is 1. The molecule has 26 heavy (non-hydrogen) atoms. The summed E-state index contributed by atoms with van der Waals surface area (Å²) in [6.07, 6.45) is 0. The first-order valence-corrected chi connectivity index (χ1v) is 11.3. The van der Waals surface area contributed by atoms with Gasteiger partial charge in [0.1, 0.15) is 5.56 Å². The summed E-state index contributed by atoms with van der Waals surface area (Å²) in [6, 6.07) is 5.37. The molecule has 0 N–H and O–H groups in total. The molecule has 0 bridgehead atoms. The molecule has 2 aromatic rings. The first kappa shape index (κ1) is 20.1. The van der Waals surface area contributed by atoms with Gasteiger partial charge in [-0.25, -0.2) is 14.1 Å². The van der Waals surface area contributed by atoms with Crippen LogP contribution < -0.4 is 0 Å². The molecule has 0 spiro atoms. The maximum atomic E-state index is 12.2. The van der Waals surface area contributed by atoms with Crippen LogP contribution in [0.4, 0.5) is 0 Å². The largest absolute Gasteiger partial charge is 0.465 e. The van der Waals surface area contributed by atoms with Gasteiger partial charge in [0.2, 0.25) is 0 Å². The number of hydrogen-bond donors (Lipinski definition) is 0. The molecule has 8 heteroatoms. The first-order chi connectivity index (χ1) is 12.0. The summed E-state index contributed by atoms with van der Waals surface area (Å²) in [5.41, 5.74) is 1.24. The second-order valence-electron chi connectivity index (χ2n) is 7.57. The SMILES string of the molecule is COC(=O)c1nn2c(CO[Si](C)(C)C(C)(C)C)cccc2c1C(=O)OC. The Kier molecular flexibility index (Phi) is 5.57. The third-order valence-electron chi connectivity index (χ3n) is 4.89. The number of carbonyl (C=O) groups excluding carboxylic acids is 2. The van der Waals surface area contributed by atoms with E-state index in [9.17, 15) is 9.59 Å². The van der Waals surface area contributed by atoms with Crippen LogP contribution in [0.5, 0.6) is 0 Å². The molecule has 0 atom stereocenters. The van der Waals surface area contributed by atoms with Gasteiger partial charge in [-0.2, -0.15) is 5.10 Å². The van der Waals surface area contributed by atoms with Gasteiger partial charge in [0.15, 0.2) is 14.0 Å². The van der Waals surface area contributed by atoms with Crippen LogP contribution in [-0.4, -0.2) is 44.1 Å². The van der Waals surface area contributed by atoms with Crippen LogP contribution >= 0.6 is 0 Å². The molecule has 0 radical (unpaired) electrons. The van der Waals surface area contributed by atoms with E-state index in [-0.39, 0.29) is 16.3 Å². The number of fused-ring (bicyclic) bond motifs is 1. The van der Waals surface area contributed by atoms with Gasteiger partial charge >= 0.3 is 11.9 Å². The molecule has 0 aliphatic heterocycles. The van der Waals surface area contributed by atoms with Crippen LogP contribution in [0.1, 0.15) is 47.3 Å². The Balaban J connectivity index is 2.52. The number of aromatic nitrogens is 2. The Hall–Kier alpha value is -2.19. The fourth-order valence-electron chi connectivity index (χ4n) is 2.25. The van der Waals surface area contributed by atoms with Crippen molar-refractivity contribution in [2.24, 2.45) is 0 Å². The van der Waals surface area contributed by atoms with E-state index in [0.717, 1.165) is 5.69 Å². The average molecular weight is 379 g/mol. The van der Waals surface area contributed by atoms with Crippen molar-refractivity contribution in [2.45, 2.75) is 45.5 Å². The number of carbonyl (C=O) groups is 2. The quantitative estimate of drug-likeness (QED) is 0.586. The zero-order chi connectivity index (χ0) is 19.7. The molecule has 0 amide bonds. The van der Waals surface area contributed by atoms with Crippen molar-refractivity contribution in [3.05, 3.63) is 35.2 Å². The highest BCUT2D eigenvalue weighted by molar-refractivity contribution is 6.74. The van der Waals surface area contributed by atoms with E-state index in [1.54, 1.807) is 16.6 Å². The molecule has 0 fully saturated rings. The number of ether oxygens (including phenoxy) is 2. The Morgan fingerprint density at radius 2 is 1.73 bits per heavy atom. The summed E-state index contributed by atoms with van der Waals surface area (Å²) < 4.78 is 17.4. The third-order valence-corrected chi connectivity index (χ3v) is 9.37. The van der Waals surface area contributed by atoms with Crippen molar-refractivity contribution in [1.29, 1.82) is 0 Å². The van der Waals surface area contributed by atoms with E-state index in [2.05, 4.69) is 39.0 Å². The maximum absolute atomic E-state index is 12.2. The van der Waals surface area contributed by atoms with Crippen LogP contribution in [-0.2, 0) is 20.5 Å². The van der Waals surface area contributed by atoms with Crippen molar-refractivity contribution in [3.8, 4) is 0 Å². The third kappa shape index (κ3) is 3.66. The highest BCUT2D eigenvalue weighted by Crippen LogP contribution is 2.37. The van der Waals surface area contributed by atoms with Crippen molar-refractivity contribution in [1.82, 2.24) is 9.61 Å². The van der Waals surface area contributed by atoms with E-state index in [0.29, 0.717) is 12.1 Å². The topological polar surface area (TPSA) is 79.1 Å². The smallest absolute Gasteiger partial charge is 0.359 e. The van der Waals surface area contributed by atoms with E-state index in [1.165, 1.54) is 14.2 Å². The molecule has 2 rings (SSSR count). The van der Waals surface area contributed by atoms with Gasteiger partial charge < -0.3 is 13.9 Å². The van der Waals surface area contributed by atoms with Crippen molar-refractivity contribution < 1.29 is 23.5 Å². The van der Waals surface area contributed by atoms with Gasteiger partial charge in [-0.3, -0.25) is 0 Å². The maximum Gasteiger partial charge on any atom is 0.359 e. The predicted octanol–water partition coefficient (Wildman–Crippen LogP) is 3.43. The Labute approximate surface area is 154 Å². The molecule has 0 aliphatic carbocycles. The van der Waals surface area contributed by atoms with Crippen molar-refractivity contribution in [3.63, 3.8) is 0 Å². The standard InChI is InChI=1S/C18H26N2O5Si/c1-18(2,3)26(6,7)25-11-12-9-8-10-13-14(16(21)23-4)15(17(22)24-5)19-20(12)13/h8-10H,11H2,1-7H3. The van der Waals surface area contributed by atoms with Gasteiger partial charge in [-0.15, -0.1) is 0 Å². The fourth-order valence-corrected chi connectivity index (χ4v) is 3.19. The normalized spacial score (nSPS) is 12.3. The first-order valence-electron chi connectivity index (χ1n) is 8.34. The number of rotatable bonds is 5. The van der Waals surface area contributed by atoms with Gasteiger partial charge in [0, 0.05) is 0 Å². The number of esters is 2. The lowest BCUT2D eigenvalue weighted by Gasteiger charge is -2.36. The lowest BCUT2D eigenvalue weighted by Crippen LogP contribution is -2.40. The van der Waals surface area contributed by atoms with Crippen LogP contribution in [0.3, 0.4) is 0 Å². The molecular weight excluding hydrogens is 352 g/mol. The van der Waals surface area contributed by atoms with E-state index in [1.807, 2.05) is 6.07 Å². The van der Waals surface area contributed by atoms with Crippen LogP contribution in [0, 0.1) is 0 Å². The minimum absolute atomic E-state index is 0.0688. The summed E-state index contributed by atoms with van der Waals surface area (Å²) in [5, 5.41) is 4.36. The lowest BCUT2D eigenvalue weighted by atomic mass is 10.2. The van der Waals surface area contributed by atoms with Crippen LogP contribution in [0.25, 0.3) is 5.52 Å². The summed E-state index contributed by atoms with van der Waals surface area (Å²) in [6.45, 7) is 11.2. The van der Waals surface area contributed by atoms with Gasteiger partial charge in [0.25, 0.3) is 0 Å². The second-order valence-corrected chi connectivity index (χ2v) is 12.4. The molecule has 0 saturated heterocycles. The Morgan fingerprint density at radius 1 is 1.12 bits per heavy atom. The summed E-state index contributed by atoms with van der Waals surface area (Å²) in [7, 11) is 0.543. The van der Waals surface area contributed by atoms with Crippen molar-refractivity contribution in [2.75, 3.05) is 14.2 Å². The van der Waals surface area contributed by atoms with E-state index < -0.39 is 20.3 Å².